The summed E-state index contributed by atoms with van der Waals surface area (Å²) in [7, 11) is 0. The molecule has 0 fully saturated rings. The highest BCUT2D eigenvalue weighted by atomic mass is 79.9. The van der Waals surface area contributed by atoms with Crippen LogP contribution in [0.3, 0.4) is 0 Å². The van der Waals surface area contributed by atoms with Crippen LogP contribution < -0.4 is 15.4 Å². The zero-order valence-electron chi connectivity index (χ0n) is 16.0. The van der Waals surface area contributed by atoms with Crippen LogP contribution in [-0.4, -0.2) is 23.5 Å². The number of nitrogens with one attached hydrogen (secondary N) is 2. The largest absolute Gasteiger partial charge is 0.488 e. The Labute approximate surface area is 176 Å². The molecule has 0 aliphatic carbocycles. The lowest BCUT2D eigenvalue weighted by Gasteiger charge is -2.12. The van der Waals surface area contributed by atoms with E-state index in [1.807, 2.05) is 25.1 Å². The first kappa shape index (κ1) is 20.6. The lowest BCUT2D eigenvalue weighted by atomic mass is 10.2. The minimum Gasteiger partial charge on any atom is -0.488 e. The fraction of sp³-hybridized carbons (Fsp3) is 0.190. The van der Waals surface area contributed by atoms with Gasteiger partial charge in [-0.1, -0.05) is 29.4 Å². The molecule has 0 atom stereocenters. The lowest BCUT2D eigenvalue weighted by molar-refractivity contribution is -0.115. The van der Waals surface area contributed by atoms with E-state index in [1.54, 1.807) is 37.3 Å². The van der Waals surface area contributed by atoms with Crippen LogP contribution in [0.15, 0.2) is 57.5 Å². The van der Waals surface area contributed by atoms with Crippen molar-refractivity contribution in [1.82, 2.24) is 10.5 Å². The van der Waals surface area contributed by atoms with Crippen LogP contribution in [0.5, 0.6) is 5.75 Å². The van der Waals surface area contributed by atoms with Gasteiger partial charge in [-0.2, -0.15) is 0 Å². The van der Waals surface area contributed by atoms with Gasteiger partial charge in [0.15, 0.2) is 0 Å². The third-order valence-corrected chi connectivity index (χ3v) is 4.93. The quantitative estimate of drug-likeness (QED) is 0.558. The van der Waals surface area contributed by atoms with Crippen LogP contribution in [0.4, 0.5) is 5.69 Å². The highest BCUT2D eigenvalue weighted by Crippen LogP contribution is 2.22. The van der Waals surface area contributed by atoms with Crippen molar-refractivity contribution in [2.75, 3.05) is 11.9 Å². The number of carbonyl (C=O) groups excluding carboxylic acids is 2. The highest BCUT2D eigenvalue weighted by Gasteiger charge is 2.16. The maximum Gasteiger partial charge on any atom is 0.255 e. The Hall–Kier alpha value is -3.13. The minimum atomic E-state index is -0.401. The van der Waals surface area contributed by atoms with Gasteiger partial charge in [-0.15, -0.1) is 0 Å². The maximum atomic E-state index is 12.6. The van der Waals surface area contributed by atoms with Gasteiger partial charge in [0.1, 0.15) is 18.1 Å². The van der Waals surface area contributed by atoms with Crippen molar-refractivity contribution in [1.29, 1.82) is 0 Å². The summed E-state index contributed by atoms with van der Waals surface area (Å²) in [6.07, 6.45) is 0. The van der Waals surface area contributed by atoms with E-state index in [1.165, 1.54) is 0 Å². The summed E-state index contributed by atoms with van der Waals surface area (Å²) in [5, 5.41) is 9.25. The topological polar surface area (TPSA) is 93.5 Å². The second-order valence-electron chi connectivity index (χ2n) is 6.30. The molecule has 0 saturated heterocycles. The van der Waals surface area contributed by atoms with Crippen molar-refractivity contribution in [3.63, 3.8) is 0 Å². The molecule has 2 amide bonds. The SMILES string of the molecule is Cc1noc(C)c1COc1ccccc1C(=O)NCC(=O)Nc1ccccc1Br. The maximum absolute atomic E-state index is 12.6. The van der Waals surface area contributed by atoms with Gasteiger partial charge in [-0.3, -0.25) is 9.59 Å². The molecule has 8 heteroatoms. The third-order valence-electron chi connectivity index (χ3n) is 4.24. The number of hydrogen-bond acceptors (Lipinski definition) is 5. The summed E-state index contributed by atoms with van der Waals surface area (Å²) < 4.78 is 11.7. The number of benzene rings is 2. The van der Waals surface area contributed by atoms with Crippen molar-refractivity contribution in [2.45, 2.75) is 20.5 Å². The number of amides is 2. The average Bonchev–Trinajstić information content (AvgIpc) is 3.04. The summed E-state index contributed by atoms with van der Waals surface area (Å²) >= 11 is 3.36. The molecule has 0 bridgehead atoms. The molecule has 0 spiro atoms. The smallest absolute Gasteiger partial charge is 0.255 e. The molecule has 3 rings (SSSR count). The van der Waals surface area contributed by atoms with Crippen LogP contribution in [0.1, 0.15) is 27.4 Å². The Kier molecular flexibility index (Phi) is 6.66. The van der Waals surface area contributed by atoms with Gasteiger partial charge in [0.2, 0.25) is 5.91 Å². The number of aryl methyl sites for hydroxylation is 2. The molecule has 0 aliphatic heterocycles. The predicted molar refractivity (Wildman–Crippen MR) is 112 cm³/mol. The van der Waals surface area contributed by atoms with E-state index in [-0.39, 0.29) is 19.1 Å². The van der Waals surface area contributed by atoms with Crippen LogP contribution >= 0.6 is 15.9 Å². The molecule has 0 aliphatic rings. The number of rotatable bonds is 7. The average molecular weight is 458 g/mol. The summed E-state index contributed by atoms with van der Waals surface area (Å²) in [5.74, 6) is 0.352. The standard InChI is InChI=1S/C21H20BrN3O4/c1-13-16(14(2)29-25-13)12-28-19-10-6-3-7-15(19)21(27)23-11-20(26)24-18-9-5-4-8-17(18)22/h3-10H,11-12H2,1-2H3,(H,23,27)(H,24,26). The van der Waals surface area contributed by atoms with Gasteiger partial charge in [0.25, 0.3) is 5.91 Å². The van der Waals surface area contributed by atoms with Crippen LogP contribution in [0, 0.1) is 13.8 Å². The summed E-state index contributed by atoms with van der Waals surface area (Å²) in [6, 6.07) is 14.1. The molecule has 1 heterocycles. The second-order valence-corrected chi connectivity index (χ2v) is 7.15. The Morgan fingerprint density at radius 3 is 2.55 bits per heavy atom. The molecule has 150 valence electrons. The number of aromatic nitrogens is 1. The normalized spacial score (nSPS) is 10.4. The number of halogens is 1. The minimum absolute atomic E-state index is 0.168. The second kappa shape index (κ2) is 9.38. The Morgan fingerprint density at radius 2 is 1.83 bits per heavy atom. The highest BCUT2D eigenvalue weighted by molar-refractivity contribution is 9.10. The Balaban J connectivity index is 1.61. The van der Waals surface area contributed by atoms with Crippen molar-refractivity contribution in [3.8, 4) is 5.75 Å². The van der Waals surface area contributed by atoms with E-state index in [0.717, 1.165) is 15.7 Å². The zero-order valence-corrected chi connectivity index (χ0v) is 17.6. The molecule has 0 radical (unpaired) electrons. The number of carbonyl (C=O) groups is 2. The van der Waals surface area contributed by atoms with E-state index in [2.05, 4.69) is 31.7 Å². The third kappa shape index (κ3) is 5.23. The first-order chi connectivity index (χ1) is 14.0. The van der Waals surface area contributed by atoms with E-state index in [9.17, 15) is 9.59 Å². The van der Waals surface area contributed by atoms with Crippen molar-refractivity contribution in [2.24, 2.45) is 0 Å². The first-order valence-corrected chi connectivity index (χ1v) is 9.71. The van der Waals surface area contributed by atoms with E-state index in [0.29, 0.717) is 22.8 Å². The molecule has 2 N–H and O–H groups in total. The number of hydrogen-bond donors (Lipinski definition) is 2. The van der Waals surface area contributed by atoms with Crippen LogP contribution in [-0.2, 0) is 11.4 Å². The number of ether oxygens (including phenoxy) is 1. The molecular weight excluding hydrogens is 438 g/mol. The molecule has 2 aromatic carbocycles. The van der Waals surface area contributed by atoms with Crippen LogP contribution in [0.2, 0.25) is 0 Å². The number of nitrogens with zero attached hydrogens (tertiary/aromatic N) is 1. The molecule has 1 aromatic heterocycles. The molecular formula is C21H20BrN3O4. The predicted octanol–water partition coefficient (Wildman–Crippen LogP) is 4.00. The monoisotopic (exact) mass is 457 g/mol. The fourth-order valence-electron chi connectivity index (χ4n) is 2.65. The van der Waals surface area contributed by atoms with E-state index < -0.39 is 5.91 Å². The molecule has 0 saturated carbocycles. The van der Waals surface area contributed by atoms with Gasteiger partial charge in [-0.05, 0) is 54.0 Å². The zero-order chi connectivity index (χ0) is 20.8. The van der Waals surface area contributed by atoms with Gasteiger partial charge < -0.3 is 19.9 Å². The van der Waals surface area contributed by atoms with E-state index >= 15 is 0 Å². The van der Waals surface area contributed by atoms with Gasteiger partial charge in [0.05, 0.1) is 29.1 Å². The molecule has 0 unspecified atom stereocenters. The van der Waals surface area contributed by atoms with Crippen LogP contribution in [0.25, 0.3) is 0 Å². The van der Waals surface area contributed by atoms with Gasteiger partial charge in [-0.25, -0.2) is 0 Å². The van der Waals surface area contributed by atoms with Crippen molar-refractivity contribution >= 4 is 33.4 Å². The van der Waals surface area contributed by atoms with Gasteiger partial charge in [0, 0.05) is 4.47 Å². The summed E-state index contributed by atoms with van der Waals surface area (Å²) in [5.41, 5.74) is 2.56. The number of para-hydroxylation sites is 2. The summed E-state index contributed by atoms with van der Waals surface area (Å²) in [6.45, 7) is 3.70. The fourth-order valence-corrected chi connectivity index (χ4v) is 3.03. The Morgan fingerprint density at radius 1 is 1.10 bits per heavy atom. The lowest BCUT2D eigenvalue weighted by Crippen LogP contribution is -2.33. The first-order valence-electron chi connectivity index (χ1n) is 8.92. The summed E-state index contributed by atoms with van der Waals surface area (Å²) in [4.78, 5) is 24.7. The molecule has 7 nitrogen and oxygen atoms in total. The van der Waals surface area contributed by atoms with Crippen molar-refractivity contribution < 1.29 is 18.8 Å². The number of anilines is 1. The Bertz CT molecular complexity index is 1010. The van der Waals surface area contributed by atoms with Gasteiger partial charge >= 0.3 is 0 Å². The van der Waals surface area contributed by atoms with Crippen molar-refractivity contribution in [3.05, 3.63) is 75.6 Å². The molecule has 29 heavy (non-hydrogen) atoms. The molecule has 3 aromatic rings. The van der Waals surface area contributed by atoms with E-state index in [4.69, 9.17) is 9.26 Å².